The van der Waals surface area contributed by atoms with Crippen molar-refractivity contribution >= 4 is 22.4 Å². The van der Waals surface area contributed by atoms with Gasteiger partial charge < -0.3 is 5.32 Å². The number of allylic oxidation sites excluding steroid dienone is 2. The molecule has 0 aliphatic rings. The molecule has 0 radical (unpaired) electrons. The van der Waals surface area contributed by atoms with E-state index >= 15 is 0 Å². The molecule has 0 unspecified atom stereocenters. The zero-order valence-corrected chi connectivity index (χ0v) is 12.3. The van der Waals surface area contributed by atoms with Crippen molar-refractivity contribution in [3.05, 3.63) is 84.2 Å². The molecule has 22 heavy (non-hydrogen) atoms. The molecule has 3 heteroatoms. The molecule has 3 rings (SSSR count). The number of carbonyl (C=O) groups excluding carboxylic acids is 1. The fourth-order valence-electron chi connectivity index (χ4n) is 2.34. The number of anilines is 1. The van der Waals surface area contributed by atoms with E-state index in [2.05, 4.69) is 10.3 Å². The molecule has 0 fully saturated rings. The molecule has 2 aromatic carbocycles. The number of rotatable bonds is 4. The van der Waals surface area contributed by atoms with Crippen LogP contribution in [0.4, 0.5) is 5.69 Å². The zero-order valence-electron chi connectivity index (χ0n) is 12.3. The first-order valence-corrected chi connectivity index (χ1v) is 7.12. The number of aromatic nitrogens is 1. The Bertz CT molecular complexity index is 833. The fraction of sp³-hybridized carbons (Fsp3) is 0.0526. The van der Waals surface area contributed by atoms with Gasteiger partial charge in [-0.05, 0) is 19.1 Å². The molecular weight excluding hydrogens is 272 g/mol. The summed E-state index contributed by atoms with van der Waals surface area (Å²) in [6.07, 6.45) is 3.37. The number of pyridine rings is 1. The average Bonchev–Trinajstić information content (AvgIpc) is 2.56. The molecule has 0 amide bonds. The lowest BCUT2D eigenvalue weighted by Crippen LogP contribution is -2.02. The summed E-state index contributed by atoms with van der Waals surface area (Å²) >= 11 is 0. The number of nitrogens with one attached hydrogen (secondary N) is 1. The standard InChI is InChI=1S/C19H16N2O/c1-14(13-18(22)15-7-3-2-4-8-15)21-17-11-5-9-16-10-6-12-20-19(16)17/h2-13,21H,1H3/b14-13-. The van der Waals surface area contributed by atoms with Crippen LogP contribution in [-0.4, -0.2) is 10.8 Å². The van der Waals surface area contributed by atoms with Gasteiger partial charge in [-0.2, -0.15) is 0 Å². The molecule has 0 aliphatic heterocycles. The number of nitrogens with zero attached hydrogens (tertiary/aromatic N) is 1. The number of carbonyl (C=O) groups is 1. The Labute approximate surface area is 129 Å². The topological polar surface area (TPSA) is 42.0 Å². The fourth-order valence-corrected chi connectivity index (χ4v) is 2.34. The summed E-state index contributed by atoms with van der Waals surface area (Å²) in [5, 5.41) is 4.33. The van der Waals surface area contributed by atoms with E-state index in [0.29, 0.717) is 5.56 Å². The van der Waals surface area contributed by atoms with Gasteiger partial charge in [-0.15, -0.1) is 0 Å². The Morgan fingerprint density at radius 3 is 2.59 bits per heavy atom. The molecule has 0 spiro atoms. The lowest BCUT2D eigenvalue weighted by atomic mass is 10.1. The van der Waals surface area contributed by atoms with Crippen LogP contribution in [-0.2, 0) is 0 Å². The van der Waals surface area contributed by atoms with Gasteiger partial charge in [-0.25, -0.2) is 0 Å². The molecular formula is C19H16N2O. The number of fused-ring (bicyclic) bond motifs is 1. The largest absolute Gasteiger partial charge is 0.357 e. The molecule has 1 heterocycles. The van der Waals surface area contributed by atoms with Gasteiger partial charge in [0.15, 0.2) is 5.78 Å². The quantitative estimate of drug-likeness (QED) is 0.570. The molecule has 0 aliphatic carbocycles. The second-order valence-electron chi connectivity index (χ2n) is 5.06. The van der Waals surface area contributed by atoms with E-state index in [1.807, 2.05) is 67.6 Å². The minimum absolute atomic E-state index is 0.0150. The highest BCUT2D eigenvalue weighted by atomic mass is 16.1. The van der Waals surface area contributed by atoms with Crippen molar-refractivity contribution in [2.45, 2.75) is 6.92 Å². The minimum Gasteiger partial charge on any atom is -0.357 e. The van der Waals surface area contributed by atoms with Gasteiger partial charge in [0.25, 0.3) is 0 Å². The van der Waals surface area contributed by atoms with E-state index in [0.717, 1.165) is 22.3 Å². The molecule has 0 bridgehead atoms. The molecule has 0 saturated carbocycles. The van der Waals surface area contributed by atoms with E-state index in [1.54, 1.807) is 12.3 Å². The van der Waals surface area contributed by atoms with Crippen LogP contribution >= 0.6 is 0 Å². The van der Waals surface area contributed by atoms with Gasteiger partial charge in [0, 0.05) is 28.9 Å². The van der Waals surface area contributed by atoms with Crippen LogP contribution in [0.5, 0.6) is 0 Å². The smallest absolute Gasteiger partial charge is 0.187 e. The summed E-state index contributed by atoms with van der Waals surface area (Å²) in [5.41, 5.74) is 3.25. The Hall–Kier alpha value is -2.94. The summed E-state index contributed by atoms with van der Waals surface area (Å²) in [6, 6.07) is 19.1. The van der Waals surface area contributed by atoms with Crippen LogP contribution in [0.25, 0.3) is 10.9 Å². The zero-order chi connectivity index (χ0) is 15.4. The van der Waals surface area contributed by atoms with E-state index < -0.39 is 0 Å². The van der Waals surface area contributed by atoms with Gasteiger partial charge in [0.1, 0.15) is 0 Å². The lowest BCUT2D eigenvalue weighted by Gasteiger charge is -2.09. The number of para-hydroxylation sites is 1. The van der Waals surface area contributed by atoms with Crippen molar-refractivity contribution < 1.29 is 4.79 Å². The van der Waals surface area contributed by atoms with Crippen molar-refractivity contribution in [3.63, 3.8) is 0 Å². The van der Waals surface area contributed by atoms with Crippen LogP contribution < -0.4 is 5.32 Å². The normalized spacial score (nSPS) is 11.4. The van der Waals surface area contributed by atoms with Crippen molar-refractivity contribution in [3.8, 4) is 0 Å². The number of hydrogen-bond donors (Lipinski definition) is 1. The minimum atomic E-state index is -0.0150. The average molecular weight is 288 g/mol. The summed E-state index contributed by atoms with van der Waals surface area (Å²) in [7, 11) is 0. The third-order valence-electron chi connectivity index (χ3n) is 3.37. The Morgan fingerprint density at radius 1 is 1.00 bits per heavy atom. The second kappa shape index (κ2) is 6.22. The van der Waals surface area contributed by atoms with Crippen molar-refractivity contribution in [2.24, 2.45) is 0 Å². The molecule has 0 atom stereocenters. The van der Waals surface area contributed by atoms with E-state index in [1.165, 1.54) is 0 Å². The predicted molar refractivity (Wildman–Crippen MR) is 89.9 cm³/mol. The Kier molecular flexibility index (Phi) is 3.97. The summed E-state index contributed by atoms with van der Waals surface area (Å²) < 4.78 is 0. The Morgan fingerprint density at radius 2 is 1.77 bits per heavy atom. The van der Waals surface area contributed by atoms with Crippen molar-refractivity contribution in [1.82, 2.24) is 4.98 Å². The maximum absolute atomic E-state index is 12.2. The Balaban J connectivity index is 1.85. The third kappa shape index (κ3) is 3.04. The van der Waals surface area contributed by atoms with Crippen LogP contribution in [0.2, 0.25) is 0 Å². The van der Waals surface area contributed by atoms with Crippen LogP contribution in [0, 0.1) is 0 Å². The van der Waals surface area contributed by atoms with Gasteiger partial charge in [0.05, 0.1) is 11.2 Å². The highest BCUT2D eigenvalue weighted by Gasteiger charge is 2.04. The lowest BCUT2D eigenvalue weighted by molar-refractivity contribution is 0.104. The van der Waals surface area contributed by atoms with Crippen LogP contribution in [0.15, 0.2) is 78.6 Å². The summed E-state index contributed by atoms with van der Waals surface area (Å²) in [5.74, 6) is -0.0150. The van der Waals surface area contributed by atoms with E-state index in [4.69, 9.17) is 0 Å². The van der Waals surface area contributed by atoms with E-state index in [9.17, 15) is 4.79 Å². The molecule has 1 N–H and O–H groups in total. The number of ketones is 1. The van der Waals surface area contributed by atoms with Crippen molar-refractivity contribution in [1.29, 1.82) is 0 Å². The summed E-state index contributed by atoms with van der Waals surface area (Å²) in [4.78, 5) is 16.6. The monoisotopic (exact) mass is 288 g/mol. The molecule has 1 aromatic heterocycles. The second-order valence-corrected chi connectivity index (χ2v) is 5.06. The highest BCUT2D eigenvalue weighted by molar-refractivity contribution is 6.05. The van der Waals surface area contributed by atoms with Crippen LogP contribution in [0.1, 0.15) is 17.3 Å². The molecule has 0 saturated heterocycles. The molecule has 108 valence electrons. The maximum atomic E-state index is 12.2. The highest BCUT2D eigenvalue weighted by Crippen LogP contribution is 2.22. The number of benzene rings is 2. The summed E-state index contributed by atoms with van der Waals surface area (Å²) in [6.45, 7) is 1.88. The maximum Gasteiger partial charge on any atom is 0.187 e. The first-order valence-electron chi connectivity index (χ1n) is 7.12. The van der Waals surface area contributed by atoms with Gasteiger partial charge in [-0.1, -0.05) is 48.5 Å². The third-order valence-corrected chi connectivity index (χ3v) is 3.37. The van der Waals surface area contributed by atoms with Gasteiger partial charge >= 0.3 is 0 Å². The number of hydrogen-bond acceptors (Lipinski definition) is 3. The SMILES string of the molecule is C/C(=C/C(=O)c1ccccc1)Nc1cccc2cccnc12. The van der Waals surface area contributed by atoms with Gasteiger partial charge in [0.2, 0.25) is 0 Å². The van der Waals surface area contributed by atoms with E-state index in [-0.39, 0.29) is 5.78 Å². The van der Waals surface area contributed by atoms with Crippen LogP contribution in [0.3, 0.4) is 0 Å². The van der Waals surface area contributed by atoms with Gasteiger partial charge in [-0.3, -0.25) is 9.78 Å². The predicted octanol–water partition coefficient (Wildman–Crippen LogP) is 4.43. The molecule has 3 aromatic rings. The molecule has 3 nitrogen and oxygen atoms in total. The van der Waals surface area contributed by atoms with Crippen molar-refractivity contribution in [2.75, 3.05) is 5.32 Å². The first-order chi connectivity index (χ1) is 10.7. The first kappa shape index (κ1) is 14.0.